The molecule has 5 nitrogen and oxygen atoms in total. The van der Waals surface area contributed by atoms with Crippen LogP contribution in [-0.4, -0.2) is 36.8 Å². The standard InChI is InChI=1S/C25H22N2O3/c26-16-17-27-18-23(30-24(27)28)19-29-25(20-10-4-1-5-11-20,21-12-6-2-7-13-21)22-14-8-3-9-15-22/h1-15,23H,17-19H2/t23-/m0/s1. The number of cyclic esters (lactones) is 1. The lowest BCUT2D eigenvalue weighted by Gasteiger charge is -2.36. The van der Waals surface area contributed by atoms with Gasteiger partial charge in [-0.1, -0.05) is 91.0 Å². The molecule has 1 fully saturated rings. The van der Waals surface area contributed by atoms with Crippen LogP contribution in [0, 0.1) is 11.3 Å². The van der Waals surface area contributed by atoms with Gasteiger partial charge in [0.1, 0.15) is 18.2 Å². The average molecular weight is 398 g/mol. The second-order valence-corrected chi connectivity index (χ2v) is 7.13. The Labute approximate surface area is 176 Å². The summed E-state index contributed by atoms with van der Waals surface area (Å²) < 4.78 is 12.1. The molecule has 1 saturated heterocycles. The van der Waals surface area contributed by atoms with E-state index in [-0.39, 0.29) is 13.2 Å². The van der Waals surface area contributed by atoms with Gasteiger partial charge in [0.2, 0.25) is 0 Å². The number of nitrogens with zero attached hydrogens (tertiary/aromatic N) is 2. The predicted octanol–water partition coefficient (Wildman–Crippen LogP) is 4.34. The van der Waals surface area contributed by atoms with Gasteiger partial charge in [-0.3, -0.25) is 4.90 Å². The van der Waals surface area contributed by atoms with E-state index in [2.05, 4.69) is 0 Å². The van der Waals surface area contributed by atoms with E-state index in [1.807, 2.05) is 97.1 Å². The Kier molecular flexibility index (Phi) is 5.78. The van der Waals surface area contributed by atoms with Crippen molar-refractivity contribution in [3.63, 3.8) is 0 Å². The summed E-state index contributed by atoms with van der Waals surface area (Å²) in [5, 5.41) is 8.91. The zero-order valence-corrected chi connectivity index (χ0v) is 16.5. The Balaban J connectivity index is 1.74. The summed E-state index contributed by atoms with van der Waals surface area (Å²) in [5.41, 5.74) is 2.10. The lowest BCUT2D eigenvalue weighted by Crippen LogP contribution is -2.36. The van der Waals surface area contributed by atoms with Crippen molar-refractivity contribution in [2.75, 3.05) is 19.7 Å². The zero-order chi connectivity index (χ0) is 20.8. The van der Waals surface area contributed by atoms with E-state index in [1.54, 1.807) is 0 Å². The zero-order valence-electron chi connectivity index (χ0n) is 16.5. The van der Waals surface area contributed by atoms with Crippen LogP contribution in [0.1, 0.15) is 16.7 Å². The summed E-state index contributed by atoms with van der Waals surface area (Å²) in [6.07, 6.45) is -0.920. The molecular weight excluding hydrogens is 376 g/mol. The van der Waals surface area contributed by atoms with E-state index in [4.69, 9.17) is 14.7 Å². The van der Waals surface area contributed by atoms with Gasteiger partial charge in [-0.2, -0.15) is 5.26 Å². The Morgan fingerprint density at radius 3 is 1.80 bits per heavy atom. The van der Waals surface area contributed by atoms with E-state index in [9.17, 15) is 4.79 Å². The first-order valence-electron chi connectivity index (χ1n) is 9.87. The second kappa shape index (κ2) is 8.81. The SMILES string of the molecule is N#CCN1C[C@@H](COC(c2ccccc2)(c2ccccc2)c2ccccc2)OC1=O. The van der Waals surface area contributed by atoms with Gasteiger partial charge in [-0.15, -0.1) is 0 Å². The minimum atomic E-state index is -0.862. The molecule has 150 valence electrons. The van der Waals surface area contributed by atoms with E-state index >= 15 is 0 Å². The molecular formula is C25H22N2O3. The fraction of sp³-hybridized carbons (Fsp3) is 0.200. The van der Waals surface area contributed by atoms with Crippen LogP contribution in [0.5, 0.6) is 0 Å². The van der Waals surface area contributed by atoms with Crippen LogP contribution in [0.25, 0.3) is 0 Å². The van der Waals surface area contributed by atoms with Crippen LogP contribution in [0.3, 0.4) is 0 Å². The minimum absolute atomic E-state index is 0.0104. The highest BCUT2D eigenvalue weighted by molar-refractivity contribution is 5.70. The van der Waals surface area contributed by atoms with Crippen molar-refractivity contribution in [2.45, 2.75) is 11.7 Å². The molecule has 3 aromatic carbocycles. The Morgan fingerprint density at radius 2 is 1.37 bits per heavy atom. The molecule has 0 bridgehead atoms. The third kappa shape index (κ3) is 3.78. The van der Waals surface area contributed by atoms with Crippen molar-refractivity contribution < 1.29 is 14.3 Å². The highest BCUT2D eigenvalue weighted by Crippen LogP contribution is 2.40. The van der Waals surface area contributed by atoms with Gasteiger partial charge in [0.25, 0.3) is 0 Å². The van der Waals surface area contributed by atoms with Crippen molar-refractivity contribution >= 4 is 6.09 Å². The first kappa shape index (κ1) is 19.7. The van der Waals surface area contributed by atoms with E-state index in [1.165, 1.54) is 4.90 Å². The van der Waals surface area contributed by atoms with Gasteiger partial charge in [-0.25, -0.2) is 4.79 Å². The highest BCUT2D eigenvalue weighted by atomic mass is 16.6. The Morgan fingerprint density at radius 1 is 0.900 bits per heavy atom. The maximum atomic E-state index is 12.0. The molecule has 3 aromatic rings. The first-order chi connectivity index (χ1) is 14.7. The number of ether oxygens (including phenoxy) is 2. The quantitative estimate of drug-likeness (QED) is 0.439. The summed E-state index contributed by atoms with van der Waals surface area (Å²) in [5.74, 6) is 0. The van der Waals surface area contributed by atoms with Gasteiger partial charge < -0.3 is 9.47 Å². The Hall–Kier alpha value is -3.62. The molecule has 1 aliphatic rings. The third-order valence-electron chi connectivity index (χ3n) is 5.24. The fourth-order valence-corrected chi connectivity index (χ4v) is 3.86. The number of carbonyl (C=O) groups excluding carboxylic acids is 1. The number of rotatable bonds is 7. The van der Waals surface area contributed by atoms with Crippen molar-refractivity contribution in [3.05, 3.63) is 108 Å². The highest BCUT2D eigenvalue weighted by Gasteiger charge is 2.40. The molecule has 0 aliphatic carbocycles. The maximum Gasteiger partial charge on any atom is 0.411 e. The smallest absolute Gasteiger partial charge is 0.411 e. The summed E-state index contributed by atoms with van der Waals surface area (Å²) >= 11 is 0. The van der Waals surface area contributed by atoms with Crippen LogP contribution in [0.4, 0.5) is 4.79 Å². The lowest BCUT2D eigenvalue weighted by atomic mass is 9.80. The van der Waals surface area contributed by atoms with Crippen LogP contribution in [0.15, 0.2) is 91.0 Å². The van der Waals surface area contributed by atoms with Crippen LogP contribution in [-0.2, 0) is 15.1 Å². The van der Waals surface area contributed by atoms with Crippen molar-refractivity contribution in [1.29, 1.82) is 5.26 Å². The van der Waals surface area contributed by atoms with E-state index in [0.29, 0.717) is 6.54 Å². The number of hydrogen-bond acceptors (Lipinski definition) is 4. The number of carbonyl (C=O) groups is 1. The summed E-state index contributed by atoms with van der Waals surface area (Å²) in [6.45, 7) is 0.545. The number of hydrogen-bond donors (Lipinski definition) is 0. The number of nitriles is 1. The number of amides is 1. The van der Waals surface area contributed by atoms with Gasteiger partial charge in [0, 0.05) is 0 Å². The maximum absolute atomic E-state index is 12.0. The van der Waals surface area contributed by atoms with Gasteiger partial charge >= 0.3 is 6.09 Å². The largest absolute Gasteiger partial charge is 0.442 e. The topological polar surface area (TPSA) is 62.6 Å². The summed E-state index contributed by atoms with van der Waals surface area (Å²) in [4.78, 5) is 13.4. The first-order valence-corrected chi connectivity index (χ1v) is 9.87. The molecule has 1 aliphatic heterocycles. The van der Waals surface area contributed by atoms with Crippen LogP contribution >= 0.6 is 0 Å². The monoisotopic (exact) mass is 398 g/mol. The minimum Gasteiger partial charge on any atom is -0.442 e. The summed E-state index contributed by atoms with van der Waals surface area (Å²) in [7, 11) is 0. The molecule has 0 N–H and O–H groups in total. The van der Waals surface area contributed by atoms with Crippen molar-refractivity contribution in [1.82, 2.24) is 4.90 Å². The number of benzene rings is 3. The molecule has 4 rings (SSSR count). The van der Waals surface area contributed by atoms with Crippen LogP contribution in [0.2, 0.25) is 0 Å². The molecule has 5 heteroatoms. The van der Waals surface area contributed by atoms with E-state index < -0.39 is 17.8 Å². The third-order valence-corrected chi connectivity index (χ3v) is 5.24. The van der Waals surface area contributed by atoms with Crippen molar-refractivity contribution in [3.8, 4) is 6.07 Å². The average Bonchev–Trinajstić information content (AvgIpc) is 3.16. The second-order valence-electron chi connectivity index (χ2n) is 7.13. The van der Waals surface area contributed by atoms with Gasteiger partial charge in [0.15, 0.2) is 0 Å². The van der Waals surface area contributed by atoms with E-state index in [0.717, 1.165) is 16.7 Å². The molecule has 0 aromatic heterocycles. The van der Waals surface area contributed by atoms with Gasteiger partial charge in [-0.05, 0) is 16.7 Å². The summed E-state index contributed by atoms with van der Waals surface area (Å²) in [6, 6.07) is 32.1. The predicted molar refractivity (Wildman–Crippen MR) is 113 cm³/mol. The normalized spacial score (nSPS) is 16.2. The molecule has 1 heterocycles. The molecule has 1 atom stereocenters. The van der Waals surface area contributed by atoms with Crippen LogP contribution < -0.4 is 0 Å². The molecule has 0 unspecified atom stereocenters. The molecule has 0 spiro atoms. The van der Waals surface area contributed by atoms with Crippen molar-refractivity contribution in [2.24, 2.45) is 0 Å². The molecule has 0 saturated carbocycles. The molecule has 1 amide bonds. The molecule has 30 heavy (non-hydrogen) atoms. The fourth-order valence-electron chi connectivity index (χ4n) is 3.86. The Bertz CT molecular complexity index is 920. The lowest BCUT2D eigenvalue weighted by molar-refractivity contribution is -0.0298. The molecule has 0 radical (unpaired) electrons. The van der Waals surface area contributed by atoms with Gasteiger partial charge in [0.05, 0.1) is 19.2 Å².